The zero-order chi connectivity index (χ0) is 19.0. The standard InChI is InChI=1S/C19H24N4O3S/c1-2-22-12-9-20-18(22)14-7-10-23(11-8-14)19(24)16-13-15-5-3-4-6-17(15)27(25,26)21-16/h3-6,9,12,14,16,21H,2,7-8,10-11,13H2,1H3. The highest BCUT2D eigenvalue weighted by Crippen LogP contribution is 2.29. The highest BCUT2D eigenvalue weighted by Gasteiger charge is 2.36. The molecule has 7 nitrogen and oxygen atoms in total. The van der Waals surface area contributed by atoms with Gasteiger partial charge in [0.15, 0.2) is 0 Å². The molecule has 0 bridgehead atoms. The second-order valence-corrected chi connectivity index (χ2v) is 8.84. The lowest BCUT2D eigenvalue weighted by Crippen LogP contribution is -2.53. The molecule has 3 heterocycles. The summed E-state index contributed by atoms with van der Waals surface area (Å²) in [6.07, 6.45) is 5.90. The van der Waals surface area contributed by atoms with E-state index in [-0.39, 0.29) is 10.8 Å². The number of imidazole rings is 1. The van der Waals surface area contributed by atoms with Gasteiger partial charge in [0.05, 0.1) is 4.90 Å². The number of nitrogens with one attached hydrogen (secondary N) is 1. The second-order valence-electron chi connectivity index (χ2n) is 7.16. The van der Waals surface area contributed by atoms with E-state index in [0.717, 1.165) is 25.2 Å². The van der Waals surface area contributed by atoms with Crippen molar-refractivity contribution < 1.29 is 13.2 Å². The van der Waals surface area contributed by atoms with E-state index in [1.54, 1.807) is 23.1 Å². The van der Waals surface area contributed by atoms with E-state index in [4.69, 9.17) is 0 Å². The van der Waals surface area contributed by atoms with Crippen LogP contribution in [0.4, 0.5) is 0 Å². The van der Waals surface area contributed by atoms with Gasteiger partial charge in [-0.3, -0.25) is 4.79 Å². The van der Waals surface area contributed by atoms with Gasteiger partial charge in [-0.15, -0.1) is 0 Å². The Kier molecular flexibility index (Phi) is 4.77. The zero-order valence-electron chi connectivity index (χ0n) is 15.3. The minimum atomic E-state index is -3.64. The number of sulfonamides is 1. The van der Waals surface area contributed by atoms with Gasteiger partial charge in [-0.25, -0.2) is 13.4 Å². The molecule has 2 aromatic rings. The summed E-state index contributed by atoms with van der Waals surface area (Å²) in [5.74, 6) is 1.29. The van der Waals surface area contributed by atoms with Gasteiger partial charge < -0.3 is 9.47 Å². The van der Waals surface area contributed by atoms with Crippen LogP contribution in [0.1, 0.15) is 37.1 Å². The summed E-state index contributed by atoms with van der Waals surface area (Å²) in [5, 5.41) is 0. The van der Waals surface area contributed by atoms with Crippen LogP contribution in [0.3, 0.4) is 0 Å². The molecule has 0 saturated carbocycles. The number of carbonyl (C=O) groups excluding carboxylic acids is 1. The molecule has 1 N–H and O–H groups in total. The molecule has 8 heteroatoms. The topological polar surface area (TPSA) is 84.3 Å². The zero-order valence-corrected chi connectivity index (χ0v) is 16.2. The van der Waals surface area contributed by atoms with Crippen molar-refractivity contribution in [1.82, 2.24) is 19.2 Å². The Morgan fingerprint density at radius 2 is 2.00 bits per heavy atom. The van der Waals surface area contributed by atoms with E-state index in [0.29, 0.717) is 31.0 Å². The van der Waals surface area contributed by atoms with Crippen molar-refractivity contribution in [1.29, 1.82) is 0 Å². The van der Waals surface area contributed by atoms with Crippen molar-refractivity contribution in [2.24, 2.45) is 0 Å². The summed E-state index contributed by atoms with van der Waals surface area (Å²) >= 11 is 0. The number of likely N-dealkylation sites (tertiary alicyclic amines) is 1. The predicted octanol–water partition coefficient (Wildman–Crippen LogP) is 1.51. The number of carbonyl (C=O) groups is 1. The van der Waals surface area contributed by atoms with Crippen LogP contribution in [0.2, 0.25) is 0 Å². The Morgan fingerprint density at radius 3 is 2.74 bits per heavy atom. The van der Waals surface area contributed by atoms with Gasteiger partial charge >= 0.3 is 0 Å². The van der Waals surface area contributed by atoms with Crippen LogP contribution >= 0.6 is 0 Å². The molecule has 4 rings (SSSR count). The summed E-state index contributed by atoms with van der Waals surface area (Å²) in [6.45, 7) is 4.23. The maximum atomic E-state index is 12.9. The molecule has 0 radical (unpaired) electrons. The van der Waals surface area contributed by atoms with Crippen molar-refractivity contribution in [2.75, 3.05) is 13.1 Å². The van der Waals surface area contributed by atoms with Gasteiger partial charge in [-0.1, -0.05) is 18.2 Å². The van der Waals surface area contributed by atoms with Crippen LogP contribution in [0.5, 0.6) is 0 Å². The maximum Gasteiger partial charge on any atom is 0.241 e. The molecule has 1 aromatic carbocycles. The van der Waals surface area contributed by atoms with E-state index in [9.17, 15) is 13.2 Å². The number of hydrogen-bond acceptors (Lipinski definition) is 4. The highest BCUT2D eigenvalue weighted by atomic mass is 32.2. The molecule has 2 aliphatic heterocycles. The number of hydrogen-bond donors (Lipinski definition) is 1. The average molecular weight is 388 g/mol. The van der Waals surface area contributed by atoms with Gasteiger partial charge in [0, 0.05) is 37.9 Å². The fourth-order valence-electron chi connectivity index (χ4n) is 4.11. The number of nitrogens with zero attached hydrogens (tertiary/aromatic N) is 3. The van der Waals surface area contributed by atoms with Gasteiger partial charge in [-0.05, 0) is 37.8 Å². The molecule has 1 aromatic heterocycles. The van der Waals surface area contributed by atoms with Gasteiger partial charge in [-0.2, -0.15) is 4.72 Å². The van der Waals surface area contributed by atoms with Crippen molar-refractivity contribution in [3.8, 4) is 0 Å². The number of amides is 1. The van der Waals surface area contributed by atoms with Crippen LogP contribution in [-0.4, -0.2) is 47.9 Å². The molecular weight excluding hydrogens is 364 g/mol. The van der Waals surface area contributed by atoms with Crippen LogP contribution in [0.25, 0.3) is 0 Å². The lowest BCUT2D eigenvalue weighted by molar-refractivity contribution is -0.134. The van der Waals surface area contributed by atoms with Gasteiger partial charge in [0.25, 0.3) is 0 Å². The molecule has 1 fully saturated rings. The maximum absolute atomic E-state index is 12.9. The van der Waals surface area contributed by atoms with Crippen LogP contribution in [0.15, 0.2) is 41.6 Å². The van der Waals surface area contributed by atoms with E-state index in [1.807, 2.05) is 18.5 Å². The van der Waals surface area contributed by atoms with Crippen LogP contribution in [0, 0.1) is 0 Å². The quantitative estimate of drug-likeness (QED) is 0.864. The first kappa shape index (κ1) is 18.2. The SMILES string of the molecule is CCn1ccnc1C1CCN(C(=O)C2Cc3ccccc3S(=O)(=O)N2)CC1. The van der Waals surface area contributed by atoms with E-state index in [2.05, 4.69) is 21.2 Å². The van der Waals surface area contributed by atoms with Crippen LogP contribution in [-0.2, 0) is 27.8 Å². The molecule has 1 saturated heterocycles. The third-order valence-corrected chi connectivity index (χ3v) is 7.11. The Labute approximate surface area is 159 Å². The minimum absolute atomic E-state index is 0.134. The first-order valence-electron chi connectivity index (χ1n) is 9.39. The van der Waals surface area contributed by atoms with Crippen molar-refractivity contribution >= 4 is 15.9 Å². The number of fused-ring (bicyclic) bond motifs is 1. The first-order chi connectivity index (χ1) is 13.0. The number of rotatable bonds is 3. The molecule has 27 heavy (non-hydrogen) atoms. The third kappa shape index (κ3) is 3.39. The monoisotopic (exact) mass is 388 g/mol. The van der Waals surface area contributed by atoms with E-state index in [1.165, 1.54) is 0 Å². The fraction of sp³-hybridized carbons (Fsp3) is 0.474. The Balaban J connectivity index is 1.45. The largest absolute Gasteiger partial charge is 0.341 e. The lowest BCUT2D eigenvalue weighted by atomic mass is 9.95. The first-order valence-corrected chi connectivity index (χ1v) is 10.9. The minimum Gasteiger partial charge on any atom is -0.341 e. The fourth-order valence-corrected chi connectivity index (χ4v) is 5.55. The molecule has 1 unspecified atom stereocenters. The molecular formula is C19H24N4O3S. The summed E-state index contributed by atoms with van der Waals surface area (Å²) in [4.78, 5) is 19.5. The number of aryl methyl sites for hydroxylation is 1. The van der Waals surface area contributed by atoms with Crippen molar-refractivity contribution in [3.63, 3.8) is 0 Å². The molecule has 2 aliphatic rings. The van der Waals surface area contributed by atoms with Gasteiger partial charge in [0.1, 0.15) is 11.9 Å². The van der Waals surface area contributed by atoms with Crippen LogP contribution < -0.4 is 4.72 Å². The number of piperidine rings is 1. The van der Waals surface area contributed by atoms with E-state index >= 15 is 0 Å². The van der Waals surface area contributed by atoms with Crippen molar-refractivity contribution in [2.45, 2.75) is 49.6 Å². The molecule has 1 amide bonds. The second kappa shape index (κ2) is 7.09. The molecule has 144 valence electrons. The Morgan fingerprint density at radius 1 is 1.26 bits per heavy atom. The molecule has 0 spiro atoms. The normalized spacial score (nSPS) is 22.4. The third-order valence-electron chi connectivity index (χ3n) is 5.54. The Hall–Kier alpha value is -2.19. The number of benzene rings is 1. The highest BCUT2D eigenvalue weighted by molar-refractivity contribution is 7.89. The van der Waals surface area contributed by atoms with Crippen molar-refractivity contribution in [3.05, 3.63) is 48.0 Å². The van der Waals surface area contributed by atoms with E-state index < -0.39 is 16.1 Å². The van der Waals surface area contributed by atoms with Gasteiger partial charge in [0.2, 0.25) is 15.9 Å². The smallest absolute Gasteiger partial charge is 0.241 e. The molecule has 0 aliphatic carbocycles. The summed E-state index contributed by atoms with van der Waals surface area (Å²) < 4.78 is 29.6. The predicted molar refractivity (Wildman–Crippen MR) is 101 cm³/mol. The molecule has 1 atom stereocenters. The number of aromatic nitrogens is 2. The summed E-state index contributed by atoms with van der Waals surface area (Å²) in [6, 6.07) is 6.15. The average Bonchev–Trinajstić information content (AvgIpc) is 3.16. The summed E-state index contributed by atoms with van der Waals surface area (Å²) in [7, 11) is -3.64. The Bertz CT molecular complexity index is 945. The summed E-state index contributed by atoms with van der Waals surface area (Å²) in [5.41, 5.74) is 0.703. The lowest BCUT2D eigenvalue weighted by Gasteiger charge is -2.35.